The lowest BCUT2D eigenvalue weighted by atomic mass is 10.1. The molecule has 1 aliphatic rings. The first-order chi connectivity index (χ1) is 13.7. The summed E-state index contributed by atoms with van der Waals surface area (Å²) in [6.07, 6.45) is 0.866. The van der Waals surface area contributed by atoms with Gasteiger partial charge in [0.1, 0.15) is 5.75 Å². The minimum Gasteiger partial charge on any atom is -0.497 e. The van der Waals surface area contributed by atoms with Crippen LogP contribution in [0.3, 0.4) is 0 Å². The molecular formula is C21H20N2O5. The van der Waals surface area contributed by atoms with Gasteiger partial charge in [-0.3, -0.25) is 4.79 Å². The summed E-state index contributed by atoms with van der Waals surface area (Å²) in [5.41, 5.74) is 2.51. The number of benzene rings is 2. The topological polar surface area (TPSA) is 82.8 Å². The summed E-state index contributed by atoms with van der Waals surface area (Å²) in [6.45, 7) is 0.782. The van der Waals surface area contributed by atoms with E-state index in [1.165, 1.54) is 0 Å². The van der Waals surface area contributed by atoms with Crippen LogP contribution in [0.4, 0.5) is 0 Å². The molecular weight excluding hydrogens is 360 g/mol. The summed E-state index contributed by atoms with van der Waals surface area (Å²) in [5, 5.41) is 6.89. The van der Waals surface area contributed by atoms with Crippen LogP contribution in [0.15, 0.2) is 53.1 Å². The molecule has 1 aliphatic heterocycles. The summed E-state index contributed by atoms with van der Waals surface area (Å²) in [5.74, 6) is 2.73. The van der Waals surface area contributed by atoms with E-state index in [-0.39, 0.29) is 19.1 Å². The van der Waals surface area contributed by atoms with Crippen molar-refractivity contribution in [2.24, 2.45) is 0 Å². The van der Waals surface area contributed by atoms with Crippen molar-refractivity contribution in [1.82, 2.24) is 10.5 Å². The summed E-state index contributed by atoms with van der Waals surface area (Å²) in [6, 6.07) is 15.0. The number of rotatable bonds is 7. The number of ether oxygens (including phenoxy) is 3. The first kappa shape index (κ1) is 17.9. The Hall–Kier alpha value is -3.48. The second-order valence-corrected chi connectivity index (χ2v) is 6.38. The lowest BCUT2D eigenvalue weighted by Crippen LogP contribution is -2.27. The van der Waals surface area contributed by atoms with E-state index in [0.29, 0.717) is 24.4 Å². The Labute approximate surface area is 162 Å². The van der Waals surface area contributed by atoms with Gasteiger partial charge in [-0.05, 0) is 36.2 Å². The molecule has 1 N–H and O–H groups in total. The van der Waals surface area contributed by atoms with Crippen molar-refractivity contribution in [2.45, 2.75) is 12.8 Å². The van der Waals surface area contributed by atoms with Crippen molar-refractivity contribution >= 4 is 5.91 Å². The van der Waals surface area contributed by atoms with Crippen LogP contribution in [-0.4, -0.2) is 31.5 Å². The summed E-state index contributed by atoms with van der Waals surface area (Å²) in [7, 11) is 1.61. The number of hydrogen-bond donors (Lipinski definition) is 1. The van der Waals surface area contributed by atoms with E-state index in [2.05, 4.69) is 10.5 Å². The van der Waals surface area contributed by atoms with Gasteiger partial charge in [0.2, 0.25) is 12.7 Å². The van der Waals surface area contributed by atoms with Crippen LogP contribution >= 0.6 is 0 Å². The molecule has 2 aromatic carbocycles. The molecule has 144 valence electrons. The van der Waals surface area contributed by atoms with Crippen LogP contribution in [0.5, 0.6) is 17.2 Å². The molecule has 4 rings (SSSR count). The number of fused-ring (bicyclic) bond motifs is 1. The molecule has 0 spiro atoms. The maximum Gasteiger partial charge on any atom is 0.231 e. The van der Waals surface area contributed by atoms with Crippen LogP contribution in [0, 0.1) is 0 Å². The van der Waals surface area contributed by atoms with E-state index in [4.69, 9.17) is 18.7 Å². The average Bonchev–Trinajstić information content (AvgIpc) is 3.37. The number of nitrogens with zero attached hydrogens (tertiary/aromatic N) is 1. The molecule has 0 saturated heterocycles. The van der Waals surface area contributed by atoms with Crippen molar-refractivity contribution in [2.75, 3.05) is 20.4 Å². The minimum atomic E-state index is -0.105. The van der Waals surface area contributed by atoms with Crippen LogP contribution in [0.25, 0.3) is 11.3 Å². The van der Waals surface area contributed by atoms with Gasteiger partial charge in [-0.15, -0.1) is 0 Å². The second-order valence-electron chi connectivity index (χ2n) is 6.38. The molecule has 3 aromatic rings. The second kappa shape index (κ2) is 8.04. The van der Waals surface area contributed by atoms with Gasteiger partial charge >= 0.3 is 0 Å². The molecule has 0 atom stereocenters. The molecule has 0 fully saturated rings. The highest BCUT2D eigenvalue weighted by molar-refractivity contribution is 5.78. The van der Waals surface area contributed by atoms with E-state index in [1.54, 1.807) is 13.2 Å². The van der Waals surface area contributed by atoms with Crippen molar-refractivity contribution in [1.29, 1.82) is 0 Å². The van der Waals surface area contributed by atoms with Crippen LogP contribution in [-0.2, 0) is 17.6 Å². The number of methoxy groups -OCH3 is 1. The molecule has 0 unspecified atom stereocenters. The third-order valence-electron chi connectivity index (χ3n) is 4.43. The molecule has 28 heavy (non-hydrogen) atoms. The van der Waals surface area contributed by atoms with Crippen molar-refractivity contribution < 1.29 is 23.5 Å². The van der Waals surface area contributed by atoms with E-state index >= 15 is 0 Å². The first-order valence-corrected chi connectivity index (χ1v) is 8.96. The number of aromatic nitrogens is 1. The minimum absolute atomic E-state index is 0.105. The number of amides is 1. The van der Waals surface area contributed by atoms with Gasteiger partial charge in [0.25, 0.3) is 0 Å². The molecule has 0 radical (unpaired) electrons. The summed E-state index contributed by atoms with van der Waals surface area (Å²) < 4.78 is 21.2. The van der Waals surface area contributed by atoms with Crippen LogP contribution in [0.1, 0.15) is 11.3 Å². The highest BCUT2D eigenvalue weighted by Gasteiger charge is 2.14. The number of nitrogens with one attached hydrogen (secondary N) is 1. The quantitative estimate of drug-likeness (QED) is 0.679. The molecule has 0 aliphatic carbocycles. The SMILES string of the molecule is COc1cccc(-c2cc(CC(=O)NCCc3ccc4c(c3)OCO4)no2)c1. The lowest BCUT2D eigenvalue weighted by molar-refractivity contribution is -0.120. The van der Waals surface area contributed by atoms with E-state index in [0.717, 1.165) is 28.4 Å². The molecule has 1 aromatic heterocycles. The van der Waals surface area contributed by atoms with Gasteiger partial charge in [-0.25, -0.2) is 0 Å². The third-order valence-corrected chi connectivity index (χ3v) is 4.43. The van der Waals surface area contributed by atoms with E-state index < -0.39 is 0 Å². The Morgan fingerprint density at radius 1 is 1.14 bits per heavy atom. The Morgan fingerprint density at radius 3 is 2.93 bits per heavy atom. The number of hydrogen-bond acceptors (Lipinski definition) is 6. The first-order valence-electron chi connectivity index (χ1n) is 8.96. The van der Waals surface area contributed by atoms with Gasteiger partial charge in [0.15, 0.2) is 17.3 Å². The normalized spacial score (nSPS) is 12.0. The molecule has 1 amide bonds. The average molecular weight is 380 g/mol. The van der Waals surface area contributed by atoms with Crippen molar-refractivity contribution in [3.8, 4) is 28.6 Å². The lowest BCUT2D eigenvalue weighted by Gasteiger charge is -2.05. The van der Waals surface area contributed by atoms with Gasteiger partial charge < -0.3 is 24.1 Å². The molecule has 7 nitrogen and oxygen atoms in total. The van der Waals surface area contributed by atoms with Crippen molar-refractivity contribution in [3.63, 3.8) is 0 Å². The zero-order valence-corrected chi connectivity index (χ0v) is 15.4. The maximum atomic E-state index is 12.2. The predicted molar refractivity (Wildman–Crippen MR) is 101 cm³/mol. The fraction of sp³-hybridized carbons (Fsp3) is 0.238. The highest BCUT2D eigenvalue weighted by Crippen LogP contribution is 2.32. The summed E-state index contributed by atoms with van der Waals surface area (Å²) in [4.78, 5) is 12.2. The van der Waals surface area contributed by atoms with Crippen LogP contribution in [0.2, 0.25) is 0 Å². The van der Waals surface area contributed by atoms with Gasteiger partial charge in [-0.2, -0.15) is 0 Å². The Kier molecular flexibility index (Phi) is 5.14. The molecule has 2 heterocycles. The standard InChI is InChI=1S/C21H20N2O5/c1-25-17-4-2-3-15(10-17)19-11-16(23-28-19)12-21(24)22-8-7-14-5-6-18-20(9-14)27-13-26-18/h2-6,9-11H,7-8,12-13H2,1H3,(H,22,24). The number of carbonyl (C=O) groups excluding carboxylic acids is 1. The fourth-order valence-electron chi connectivity index (χ4n) is 2.98. The Bertz CT molecular complexity index is 982. The Balaban J connectivity index is 1.29. The van der Waals surface area contributed by atoms with Gasteiger partial charge in [0.05, 0.1) is 19.2 Å². The zero-order valence-electron chi connectivity index (χ0n) is 15.4. The third kappa shape index (κ3) is 4.09. The van der Waals surface area contributed by atoms with Gasteiger partial charge in [0, 0.05) is 18.2 Å². The maximum absolute atomic E-state index is 12.2. The Morgan fingerprint density at radius 2 is 2.04 bits per heavy atom. The predicted octanol–water partition coefficient (Wildman–Crippen LogP) is 2.98. The largest absolute Gasteiger partial charge is 0.497 e. The van der Waals surface area contributed by atoms with E-state index in [9.17, 15) is 4.79 Å². The fourth-order valence-corrected chi connectivity index (χ4v) is 2.98. The van der Waals surface area contributed by atoms with Crippen molar-refractivity contribution in [3.05, 3.63) is 59.8 Å². The van der Waals surface area contributed by atoms with Gasteiger partial charge in [-0.1, -0.05) is 23.4 Å². The molecule has 0 saturated carbocycles. The monoisotopic (exact) mass is 380 g/mol. The molecule has 7 heteroatoms. The highest BCUT2D eigenvalue weighted by atomic mass is 16.7. The smallest absolute Gasteiger partial charge is 0.231 e. The van der Waals surface area contributed by atoms with Crippen LogP contribution < -0.4 is 19.5 Å². The zero-order chi connectivity index (χ0) is 19.3. The summed E-state index contributed by atoms with van der Waals surface area (Å²) >= 11 is 0. The van der Waals surface area contributed by atoms with E-state index in [1.807, 2.05) is 42.5 Å². The molecule has 0 bridgehead atoms. The number of carbonyl (C=O) groups is 1.